The van der Waals surface area contributed by atoms with E-state index in [0.29, 0.717) is 0 Å². The zero-order valence-corrected chi connectivity index (χ0v) is 4.06. The number of hydrogen-bond acceptors (Lipinski definition) is 1. The average molecular weight is 94.0 g/mol. The van der Waals surface area contributed by atoms with E-state index >= 15 is 0 Å². The molecule has 0 saturated heterocycles. The van der Waals surface area contributed by atoms with Crippen molar-refractivity contribution in [2.45, 2.75) is 0 Å². The van der Waals surface area contributed by atoms with Crippen molar-refractivity contribution in [1.29, 1.82) is 0 Å². The van der Waals surface area contributed by atoms with E-state index in [2.05, 4.69) is 9.97 Å². The van der Waals surface area contributed by atoms with E-state index in [-0.39, 0.29) is 23.6 Å². The van der Waals surface area contributed by atoms with Crippen LogP contribution in [0.2, 0.25) is 0 Å². The molecular formula is C3H4FLiN2. The number of imidazole rings is 1. The first kappa shape index (κ1) is 9.88. The summed E-state index contributed by atoms with van der Waals surface area (Å²) < 4.78 is 0. The first-order chi connectivity index (χ1) is 2.50. The van der Waals surface area contributed by atoms with Crippen LogP contribution in [0.25, 0.3) is 0 Å². The summed E-state index contributed by atoms with van der Waals surface area (Å²) in [5.41, 5.74) is 0. The molecule has 0 unspecified atom stereocenters. The van der Waals surface area contributed by atoms with Crippen molar-refractivity contribution in [3.63, 3.8) is 0 Å². The molecule has 0 amide bonds. The zero-order valence-electron chi connectivity index (χ0n) is 4.06. The Balaban J connectivity index is 0. The maximum Gasteiger partial charge on any atom is 1.00 e. The first-order valence-electron chi connectivity index (χ1n) is 1.43. The van der Waals surface area contributed by atoms with Gasteiger partial charge in [-0.25, -0.2) is 4.98 Å². The summed E-state index contributed by atoms with van der Waals surface area (Å²) in [6.07, 6.45) is 5.08. The summed E-state index contributed by atoms with van der Waals surface area (Å²) in [7, 11) is 0. The van der Waals surface area contributed by atoms with Gasteiger partial charge in [-0.1, -0.05) is 0 Å². The van der Waals surface area contributed by atoms with Gasteiger partial charge in [0, 0.05) is 12.4 Å². The molecule has 0 bridgehead atoms. The van der Waals surface area contributed by atoms with Crippen LogP contribution in [0, 0.1) is 0 Å². The number of H-pyrrole nitrogens is 1. The molecular weight excluding hydrogens is 90.0 g/mol. The molecule has 34 valence electrons. The van der Waals surface area contributed by atoms with Gasteiger partial charge in [-0.05, 0) is 0 Å². The van der Waals surface area contributed by atoms with Crippen LogP contribution in [0.15, 0.2) is 18.7 Å². The molecule has 0 aliphatic heterocycles. The largest absolute Gasteiger partial charge is 1.00 e. The maximum atomic E-state index is 3.67. The van der Waals surface area contributed by atoms with Crippen molar-refractivity contribution in [2.24, 2.45) is 0 Å². The molecule has 1 aromatic heterocycles. The Kier molecular flexibility index (Phi) is 8.10. The summed E-state index contributed by atoms with van der Waals surface area (Å²) in [4.78, 5) is 6.42. The van der Waals surface area contributed by atoms with Crippen molar-refractivity contribution in [2.75, 3.05) is 0 Å². The van der Waals surface area contributed by atoms with Gasteiger partial charge in [0.05, 0.1) is 6.33 Å². The molecule has 0 aliphatic rings. The molecule has 1 rings (SSSR count). The number of aromatic amines is 1. The zero-order chi connectivity index (χ0) is 3.54. The quantitative estimate of drug-likeness (QED) is 0.319. The van der Waals surface area contributed by atoms with Crippen LogP contribution >= 0.6 is 0 Å². The van der Waals surface area contributed by atoms with E-state index in [1.807, 2.05) is 0 Å². The Morgan fingerprint density at radius 2 is 2.14 bits per heavy atom. The molecule has 0 saturated carbocycles. The van der Waals surface area contributed by atoms with E-state index < -0.39 is 0 Å². The minimum absolute atomic E-state index is 0. The van der Waals surface area contributed by atoms with Crippen LogP contribution < -0.4 is 23.6 Å². The molecule has 0 spiro atoms. The molecule has 2 nitrogen and oxygen atoms in total. The number of aromatic nitrogens is 2. The van der Waals surface area contributed by atoms with Gasteiger partial charge in [0.2, 0.25) is 0 Å². The molecule has 1 aromatic rings. The average Bonchev–Trinajstić information content (AvgIpc) is 1.76. The van der Waals surface area contributed by atoms with Crippen molar-refractivity contribution in [1.82, 2.24) is 9.97 Å². The van der Waals surface area contributed by atoms with Crippen LogP contribution in [-0.2, 0) is 0 Å². The molecule has 0 aromatic carbocycles. The number of nitrogens with zero attached hydrogens (tertiary/aromatic N) is 1. The second-order valence-electron chi connectivity index (χ2n) is 0.761. The third kappa shape index (κ3) is 3.57. The second kappa shape index (κ2) is 5.74. The SMILES string of the molecule is [F-].[Li+].c1c[nH]cn1. The Labute approximate surface area is 52.9 Å². The Morgan fingerprint density at radius 1 is 1.43 bits per heavy atom. The summed E-state index contributed by atoms with van der Waals surface area (Å²) >= 11 is 0. The van der Waals surface area contributed by atoms with Crippen molar-refractivity contribution in [3.05, 3.63) is 18.7 Å². The van der Waals surface area contributed by atoms with Gasteiger partial charge < -0.3 is 9.69 Å². The number of hydrogen-bond donors (Lipinski definition) is 1. The first-order valence-corrected chi connectivity index (χ1v) is 1.43. The molecule has 1 heterocycles. The Hall–Kier alpha value is -0.263. The topological polar surface area (TPSA) is 28.7 Å². The van der Waals surface area contributed by atoms with Crippen LogP contribution in [0.1, 0.15) is 0 Å². The maximum absolute atomic E-state index is 3.67. The molecule has 7 heavy (non-hydrogen) atoms. The smallest absolute Gasteiger partial charge is 1.00 e. The standard InChI is InChI=1S/C3H4N2.FH.Li/c1-2-5-3-4-1;;/h1-3H,(H,4,5);1H;/q;;+1/p-1. The normalized spacial score (nSPS) is 5.71. The minimum atomic E-state index is 0. The van der Waals surface area contributed by atoms with Gasteiger partial charge in [-0.3, -0.25) is 0 Å². The number of nitrogens with one attached hydrogen (secondary N) is 1. The molecule has 0 atom stereocenters. The second-order valence-corrected chi connectivity index (χ2v) is 0.761. The van der Waals surface area contributed by atoms with Crippen LogP contribution in [-0.4, -0.2) is 9.97 Å². The van der Waals surface area contributed by atoms with Crippen molar-refractivity contribution < 1.29 is 23.6 Å². The van der Waals surface area contributed by atoms with Crippen LogP contribution in [0.3, 0.4) is 0 Å². The monoisotopic (exact) mass is 94.1 g/mol. The minimum Gasteiger partial charge on any atom is -1.00 e. The Morgan fingerprint density at radius 3 is 2.29 bits per heavy atom. The van der Waals surface area contributed by atoms with E-state index in [1.54, 1.807) is 18.7 Å². The van der Waals surface area contributed by atoms with Gasteiger partial charge in [-0.2, -0.15) is 0 Å². The third-order valence-electron chi connectivity index (χ3n) is 0.406. The molecule has 0 aliphatic carbocycles. The van der Waals surface area contributed by atoms with E-state index in [9.17, 15) is 0 Å². The van der Waals surface area contributed by atoms with E-state index in [0.717, 1.165) is 0 Å². The van der Waals surface area contributed by atoms with E-state index in [1.165, 1.54) is 0 Å². The fourth-order valence-electron chi connectivity index (χ4n) is 0.215. The third-order valence-corrected chi connectivity index (χ3v) is 0.406. The summed E-state index contributed by atoms with van der Waals surface area (Å²) in [5.74, 6) is 0. The summed E-state index contributed by atoms with van der Waals surface area (Å²) in [6.45, 7) is 0. The Bertz CT molecular complexity index is 69.4. The summed E-state index contributed by atoms with van der Waals surface area (Å²) in [5, 5.41) is 0. The predicted octanol–water partition coefficient (Wildman–Crippen LogP) is -5.58. The molecule has 4 heteroatoms. The van der Waals surface area contributed by atoms with Gasteiger partial charge >= 0.3 is 18.9 Å². The number of rotatable bonds is 0. The van der Waals surface area contributed by atoms with Gasteiger partial charge in [0.1, 0.15) is 0 Å². The van der Waals surface area contributed by atoms with Crippen LogP contribution in [0.5, 0.6) is 0 Å². The predicted molar refractivity (Wildman–Crippen MR) is 18.6 cm³/mol. The summed E-state index contributed by atoms with van der Waals surface area (Å²) in [6, 6.07) is 0. The van der Waals surface area contributed by atoms with Crippen LogP contribution in [0.4, 0.5) is 0 Å². The molecule has 1 N–H and O–H groups in total. The van der Waals surface area contributed by atoms with Gasteiger partial charge in [0.25, 0.3) is 0 Å². The fourth-order valence-corrected chi connectivity index (χ4v) is 0.215. The molecule has 0 fully saturated rings. The van der Waals surface area contributed by atoms with Crippen molar-refractivity contribution in [3.8, 4) is 0 Å². The van der Waals surface area contributed by atoms with Gasteiger partial charge in [0.15, 0.2) is 0 Å². The fraction of sp³-hybridized carbons (Fsp3) is 0. The number of halogens is 1. The van der Waals surface area contributed by atoms with Gasteiger partial charge in [-0.15, -0.1) is 0 Å². The van der Waals surface area contributed by atoms with E-state index in [4.69, 9.17) is 0 Å². The molecule has 0 radical (unpaired) electrons. The van der Waals surface area contributed by atoms with Crippen molar-refractivity contribution >= 4 is 0 Å².